The Morgan fingerprint density at radius 2 is 2.21 bits per heavy atom. The molecule has 0 spiro atoms. The van der Waals surface area contributed by atoms with Gasteiger partial charge in [-0.2, -0.15) is 0 Å². The normalized spacial score (nSPS) is 19.9. The summed E-state index contributed by atoms with van der Waals surface area (Å²) in [5.74, 6) is 4.87. The maximum atomic E-state index is 5.41. The lowest BCUT2D eigenvalue weighted by atomic mass is 9.93. The Morgan fingerprint density at radius 3 is 2.89 bits per heavy atom. The summed E-state index contributed by atoms with van der Waals surface area (Å²) in [7, 11) is 1.85. The number of benzene rings is 1. The smallest absolute Gasteiger partial charge is 0.193 e. The molecule has 6 heteroatoms. The van der Waals surface area contributed by atoms with Crippen molar-refractivity contribution in [2.24, 2.45) is 10.9 Å². The van der Waals surface area contributed by atoms with E-state index in [0.29, 0.717) is 18.6 Å². The molecule has 2 unspecified atom stereocenters. The number of nitrogens with one attached hydrogen (secondary N) is 1. The number of rotatable bonds is 6. The molecule has 2 aromatic rings. The molecule has 1 N–H and O–H groups in total. The first-order valence-corrected chi connectivity index (χ1v) is 9.79. The van der Waals surface area contributed by atoms with E-state index in [-0.39, 0.29) is 0 Å². The van der Waals surface area contributed by atoms with Gasteiger partial charge in [-0.1, -0.05) is 25.0 Å². The van der Waals surface area contributed by atoms with Crippen molar-refractivity contribution in [2.75, 3.05) is 33.3 Å². The first kappa shape index (κ1) is 19.8. The second-order valence-corrected chi connectivity index (χ2v) is 7.15. The van der Waals surface area contributed by atoms with Gasteiger partial charge in [0.25, 0.3) is 0 Å². The third-order valence-corrected chi connectivity index (χ3v) is 5.28. The van der Waals surface area contributed by atoms with Crippen LogP contribution in [0.2, 0.25) is 0 Å². The van der Waals surface area contributed by atoms with Crippen LogP contribution < -0.4 is 10.1 Å². The van der Waals surface area contributed by atoms with Crippen LogP contribution in [-0.2, 0) is 6.42 Å². The number of aliphatic imine (C=N–C) groups is 1. The fraction of sp³-hybridized carbons (Fsp3) is 0.455. The molecule has 6 nitrogen and oxygen atoms in total. The highest BCUT2D eigenvalue weighted by atomic mass is 16.5. The Balaban J connectivity index is 1.51. The summed E-state index contributed by atoms with van der Waals surface area (Å²) in [6, 6.07) is 8.50. The van der Waals surface area contributed by atoms with E-state index in [2.05, 4.69) is 55.9 Å². The summed E-state index contributed by atoms with van der Waals surface area (Å²) in [6.45, 7) is 5.41. The zero-order valence-corrected chi connectivity index (χ0v) is 16.7. The van der Waals surface area contributed by atoms with Gasteiger partial charge in [0.15, 0.2) is 5.96 Å². The average molecular weight is 380 g/mol. The van der Waals surface area contributed by atoms with Gasteiger partial charge >= 0.3 is 0 Å². The van der Waals surface area contributed by atoms with Crippen LogP contribution in [-0.4, -0.2) is 53.7 Å². The Hall–Kier alpha value is -2.94. The van der Waals surface area contributed by atoms with Crippen LogP contribution in [0.1, 0.15) is 24.9 Å². The van der Waals surface area contributed by atoms with E-state index in [4.69, 9.17) is 11.2 Å². The van der Waals surface area contributed by atoms with Crippen LogP contribution in [0.5, 0.6) is 5.75 Å². The topological polar surface area (TPSA) is 54.7 Å². The van der Waals surface area contributed by atoms with Crippen molar-refractivity contribution in [2.45, 2.75) is 25.8 Å². The lowest BCUT2D eigenvalue weighted by Gasteiger charge is -2.39. The summed E-state index contributed by atoms with van der Waals surface area (Å²) < 4.78 is 7.63. The first-order chi connectivity index (χ1) is 13.7. The van der Waals surface area contributed by atoms with Crippen LogP contribution in [0.25, 0.3) is 0 Å². The van der Waals surface area contributed by atoms with Gasteiger partial charge in [-0.05, 0) is 36.5 Å². The van der Waals surface area contributed by atoms with Gasteiger partial charge in [0.1, 0.15) is 12.4 Å². The molecule has 1 aliphatic heterocycles. The SMILES string of the molecule is C#CCOc1ccc(CCNC(=NC)N2CCC(C)C(n3ccnc3)C2)cc1. The predicted molar refractivity (Wildman–Crippen MR) is 112 cm³/mol. The Bertz CT molecular complexity index is 791. The monoisotopic (exact) mass is 379 g/mol. The van der Waals surface area contributed by atoms with E-state index in [1.165, 1.54) is 5.56 Å². The lowest BCUT2D eigenvalue weighted by molar-refractivity contribution is 0.189. The molecule has 0 amide bonds. The number of nitrogens with zero attached hydrogens (tertiary/aromatic N) is 4. The molecule has 148 valence electrons. The summed E-state index contributed by atoms with van der Waals surface area (Å²) in [6.07, 6.45) is 13.1. The zero-order chi connectivity index (χ0) is 19.8. The molecule has 1 saturated heterocycles. The van der Waals surface area contributed by atoms with Gasteiger partial charge in [-0.25, -0.2) is 4.98 Å². The number of aromatic nitrogens is 2. The van der Waals surface area contributed by atoms with Crippen molar-refractivity contribution in [1.29, 1.82) is 0 Å². The number of likely N-dealkylation sites (tertiary alicyclic amines) is 1. The number of piperidine rings is 1. The van der Waals surface area contributed by atoms with E-state index in [9.17, 15) is 0 Å². The van der Waals surface area contributed by atoms with Crippen LogP contribution in [0, 0.1) is 18.3 Å². The summed E-state index contributed by atoms with van der Waals surface area (Å²) in [5.41, 5.74) is 1.25. The molecule has 1 fully saturated rings. The molecule has 28 heavy (non-hydrogen) atoms. The summed E-state index contributed by atoms with van der Waals surface area (Å²) >= 11 is 0. The second-order valence-electron chi connectivity index (χ2n) is 7.15. The molecule has 0 saturated carbocycles. The first-order valence-electron chi connectivity index (χ1n) is 9.79. The Labute approximate surface area is 167 Å². The van der Waals surface area contributed by atoms with Crippen molar-refractivity contribution in [1.82, 2.24) is 19.8 Å². The van der Waals surface area contributed by atoms with E-state index < -0.39 is 0 Å². The van der Waals surface area contributed by atoms with Crippen molar-refractivity contribution >= 4 is 5.96 Å². The van der Waals surface area contributed by atoms with Gasteiger partial charge in [-0.15, -0.1) is 6.42 Å². The van der Waals surface area contributed by atoms with E-state index in [0.717, 1.165) is 44.2 Å². The summed E-state index contributed by atoms with van der Waals surface area (Å²) in [5, 5.41) is 3.51. The quantitative estimate of drug-likeness (QED) is 0.476. The van der Waals surface area contributed by atoms with E-state index >= 15 is 0 Å². The Kier molecular flexibility index (Phi) is 6.96. The molecule has 1 aromatic heterocycles. The maximum absolute atomic E-state index is 5.41. The highest BCUT2D eigenvalue weighted by Gasteiger charge is 2.28. The number of guanidine groups is 1. The molecule has 0 radical (unpaired) electrons. The van der Waals surface area contributed by atoms with E-state index in [1.807, 2.05) is 31.7 Å². The lowest BCUT2D eigenvalue weighted by Crippen LogP contribution is -2.49. The number of hydrogen-bond donors (Lipinski definition) is 1. The zero-order valence-electron chi connectivity index (χ0n) is 16.7. The minimum Gasteiger partial charge on any atom is -0.481 e. The fourth-order valence-corrected chi connectivity index (χ4v) is 3.62. The number of ether oxygens (including phenoxy) is 1. The fourth-order valence-electron chi connectivity index (χ4n) is 3.62. The second kappa shape index (κ2) is 9.84. The third kappa shape index (κ3) is 5.07. The van der Waals surface area contributed by atoms with Gasteiger partial charge in [0.2, 0.25) is 0 Å². The summed E-state index contributed by atoms with van der Waals surface area (Å²) in [4.78, 5) is 11.1. The maximum Gasteiger partial charge on any atom is 0.193 e. The highest BCUT2D eigenvalue weighted by Crippen LogP contribution is 2.27. The van der Waals surface area contributed by atoms with Crippen LogP contribution in [0.15, 0.2) is 48.0 Å². The van der Waals surface area contributed by atoms with Crippen LogP contribution in [0.4, 0.5) is 0 Å². The number of imidazole rings is 1. The standard InChI is InChI=1S/C22H29N5O/c1-4-15-28-20-7-5-19(6-8-20)9-11-25-22(23-3)26-13-10-18(2)21(16-26)27-14-12-24-17-27/h1,5-8,12,14,17-18,21H,9-11,13,15-16H2,2-3H3,(H,23,25). The van der Waals surface area contributed by atoms with Crippen LogP contribution >= 0.6 is 0 Å². The van der Waals surface area contributed by atoms with Crippen molar-refractivity contribution in [3.63, 3.8) is 0 Å². The number of terminal acetylenes is 1. The van der Waals surface area contributed by atoms with Gasteiger partial charge in [-0.3, -0.25) is 4.99 Å². The molecule has 2 heterocycles. The third-order valence-electron chi connectivity index (χ3n) is 5.28. The molecule has 0 aliphatic carbocycles. The molecule has 2 atom stereocenters. The minimum atomic E-state index is 0.297. The van der Waals surface area contributed by atoms with Gasteiger partial charge in [0.05, 0.1) is 12.4 Å². The van der Waals surface area contributed by atoms with E-state index in [1.54, 1.807) is 0 Å². The van der Waals surface area contributed by atoms with Gasteiger partial charge in [0, 0.05) is 39.1 Å². The minimum absolute atomic E-state index is 0.297. The molecular formula is C22H29N5O. The van der Waals surface area contributed by atoms with Crippen molar-refractivity contribution < 1.29 is 4.74 Å². The largest absolute Gasteiger partial charge is 0.481 e. The average Bonchev–Trinajstić information content (AvgIpc) is 3.26. The molecule has 0 bridgehead atoms. The molecule has 3 rings (SSSR count). The van der Waals surface area contributed by atoms with Crippen LogP contribution in [0.3, 0.4) is 0 Å². The van der Waals surface area contributed by atoms with Crippen molar-refractivity contribution in [3.05, 3.63) is 48.5 Å². The molecule has 1 aromatic carbocycles. The van der Waals surface area contributed by atoms with Crippen molar-refractivity contribution in [3.8, 4) is 18.1 Å². The Morgan fingerprint density at radius 1 is 1.39 bits per heavy atom. The molecule has 1 aliphatic rings. The molecular weight excluding hydrogens is 350 g/mol. The van der Waals surface area contributed by atoms with Gasteiger partial charge < -0.3 is 19.5 Å². The highest BCUT2D eigenvalue weighted by molar-refractivity contribution is 5.80. The number of hydrogen-bond acceptors (Lipinski definition) is 3. The predicted octanol–water partition coefficient (Wildman–Crippen LogP) is 2.60.